The third-order valence-corrected chi connectivity index (χ3v) is 5.24. The van der Waals surface area contributed by atoms with Gasteiger partial charge in [-0.3, -0.25) is 0 Å². The van der Waals surface area contributed by atoms with Crippen LogP contribution in [0.25, 0.3) is 22.4 Å². The van der Waals surface area contributed by atoms with Gasteiger partial charge in [-0.25, -0.2) is 4.98 Å². The highest BCUT2D eigenvalue weighted by atomic mass is 16.5. The van der Waals surface area contributed by atoms with Gasteiger partial charge in [0, 0.05) is 11.8 Å². The van der Waals surface area contributed by atoms with Crippen LogP contribution in [0.2, 0.25) is 0 Å². The summed E-state index contributed by atoms with van der Waals surface area (Å²) >= 11 is 0. The van der Waals surface area contributed by atoms with E-state index < -0.39 is 6.10 Å². The first kappa shape index (κ1) is 20.1. The molecule has 4 aromatic rings. The summed E-state index contributed by atoms with van der Waals surface area (Å²) in [4.78, 5) is 8.78. The molecule has 0 saturated heterocycles. The molecule has 1 atom stereocenters. The SMILES string of the molecule is COc1cccc(-c2cnc3nc(C(O)CCCCCc4ccccc4)oc3c2)c1. The third-order valence-electron chi connectivity index (χ3n) is 5.24. The Balaban J connectivity index is 1.35. The number of unbranched alkanes of at least 4 members (excludes halogenated alkanes) is 2. The highest BCUT2D eigenvalue weighted by molar-refractivity contribution is 5.76. The molecule has 0 saturated carbocycles. The number of fused-ring (bicyclic) bond motifs is 1. The predicted octanol–water partition coefficient (Wildman–Crippen LogP) is 5.73. The Morgan fingerprint density at radius 3 is 2.67 bits per heavy atom. The third kappa shape index (κ3) is 4.86. The van der Waals surface area contributed by atoms with Crippen LogP contribution in [0.15, 0.2) is 71.3 Å². The molecule has 30 heavy (non-hydrogen) atoms. The zero-order chi connectivity index (χ0) is 20.8. The maximum Gasteiger partial charge on any atom is 0.225 e. The van der Waals surface area contributed by atoms with Crippen LogP contribution in [0.1, 0.15) is 43.2 Å². The van der Waals surface area contributed by atoms with Gasteiger partial charge in [0.15, 0.2) is 11.2 Å². The number of hydrogen-bond acceptors (Lipinski definition) is 5. The van der Waals surface area contributed by atoms with Crippen LogP contribution in [0.5, 0.6) is 5.75 Å². The lowest BCUT2D eigenvalue weighted by Gasteiger charge is -2.06. The van der Waals surface area contributed by atoms with Gasteiger partial charge < -0.3 is 14.3 Å². The minimum absolute atomic E-state index is 0.336. The molecule has 0 bridgehead atoms. The summed E-state index contributed by atoms with van der Waals surface area (Å²) in [5.74, 6) is 1.12. The van der Waals surface area contributed by atoms with Crippen molar-refractivity contribution in [2.45, 2.75) is 38.2 Å². The van der Waals surface area contributed by atoms with Crippen molar-refractivity contribution in [2.75, 3.05) is 7.11 Å². The van der Waals surface area contributed by atoms with E-state index in [1.54, 1.807) is 13.3 Å². The Morgan fingerprint density at radius 2 is 1.83 bits per heavy atom. The maximum absolute atomic E-state index is 10.5. The van der Waals surface area contributed by atoms with Crippen LogP contribution in [0.4, 0.5) is 0 Å². The number of aliphatic hydroxyl groups is 1. The number of oxazole rings is 1. The van der Waals surface area contributed by atoms with Crippen LogP contribution in [-0.4, -0.2) is 22.2 Å². The van der Waals surface area contributed by atoms with Crippen LogP contribution in [-0.2, 0) is 6.42 Å². The monoisotopic (exact) mass is 402 g/mol. The molecule has 0 amide bonds. The minimum Gasteiger partial charge on any atom is -0.497 e. The molecule has 1 unspecified atom stereocenters. The number of nitrogens with zero attached hydrogens (tertiary/aromatic N) is 2. The molecule has 0 aliphatic carbocycles. The molecule has 0 spiro atoms. The van der Waals surface area contributed by atoms with Gasteiger partial charge in [-0.15, -0.1) is 0 Å². The van der Waals surface area contributed by atoms with Crippen LogP contribution >= 0.6 is 0 Å². The van der Waals surface area contributed by atoms with Crippen molar-refractivity contribution < 1.29 is 14.3 Å². The van der Waals surface area contributed by atoms with Crippen molar-refractivity contribution in [1.29, 1.82) is 0 Å². The Hall–Kier alpha value is -3.18. The van der Waals surface area contributed by atoms with Crippen molar-refractivity contribution in [1.82, 2.24) is 9.97 Å². The van der Waals surface area contributed by atoms with Gasteiger partial charge in [0.25, 0.3) is 0 Å². The first-order valence-electron chi connectivity index (χ1n) is 10.4. The van der Waals surface area contributed by atoms with Gasteiger partial charge in [0.1, 0.15) is 11.9 Å². The molecule has 0 radical (unpaired) electrons. The molecule has 0 aliphatic heterocycles. The van der Waals surface area contributed by atoms with Gasteiger partial charge in [0.05, 0.1) is 7.11 Å². The van der Waals surface area contributed by atoms with E-state index in [0.29, 0.717) is 23.5 Å². The summed E-state index contributed by atoms with van der Waals surface area (Å²) in [6.45, 7) is 0. The first-order valence-corrected chi connectivity index (χ1v) is 10.4. The van der Waals surface area contributed by atoms with Gasteiger partial charge in [-0.1, -0.05) is 55.3 Å². The Bertz CT molecular complexity index is 1090. The number of aliphatic hydroxyl groups excluding tert-OH is 1. The summed E-state index contributed by atoms with van der Waals surface area (Å²) in [5.41, 5.74) is 4.35. The van der Waals surface area contributed by atoms with E-state index in [9.17, 15) is 5.11 Å². The second-order valence-electron chi connectivity index (χ2n) is 7.43. The highest BCUT2D eigenvalue weighted by Gasteiger charge is 2.16. The highest BCUT2D eigenvalue weighted by Crippen LogP contribution is 2.28. The lowest BCUT2D eigenvalue weighted by Crippen LogP contribution is -1.98. The van der Waals surface area contributed by atoms with E-state index >= 15 is 0 Å². The van der Waals surface area contributed by atoms with Gasteiger partial charge in [-0.2, -0.15) is 4.98 Å². The Kier molecular flexibility index (Phi) is 6.40. The topological polar surface area (TPSA) is 68.4 Å². The van der Waals surface area contributed by atoms with Gasteiger partial charge >= 0.3 is 0 Å². The van der Waals surface area contributed by atoms with Crippen molar-refractivity contribution in [2.24, 2.45) is 0 Å². The minimum atomic E-state index is -0.712. The molecule has 0 fully saturated rings. The summed E-state index contributed by atoms with van der Waals surface area (Å²) < 4.78 is 11.1. The molecule has 4 rings (SSSR count). The number of hydrogen-bond donors (Lipinski definition) is 1. The zero-order valence-electron chi connectivity index (χ0n) is 17.1. The van der Waals surface area contributed by atoms with E-state index in [1.165, 1.54) is 5.56 Å². The van der Waals surface area contributed by atoms with E-state index in [-0.39, 0.29) is 0 Å². The number of methoxy groups -OCH3 is 1. The number of benzene rings is 2. The van der Waals surface area contributed by atoms with Crippen molar-refractivity contribution >= 4 is 11.2 Å². The molecule has 154 valence electrons. The quantitative estimate of drug-likeness (QED) is 0.362. The summed E-state index contributed by atoms with van der Waals surface area (Å²) in [6.07, 6.45) is 5.84. The van der Waals surface area contributed by atoms with E-state index in [2.05, 4.69) is 34.2 Å². The maximum atomic E-state index is 10.5. The summed E-state index contributed by atoms with van der Waals surface area (Å²) in [5, 5.41) is 10.5. The fourth-order valence-electron chi connectivity index (χ4n) is 3.55. The van der Waals surface area contributed by atoms with Crippen LogP contribution in [0.3, 0.4) is 0 Å². The number of pyridine rings is 1. The standard InChI is InChI=1S/C25H26N2O3/c1-29-21-13-8-12-19(15-21)20-16-23-24(26-17-20)27-25(30-23)22(28)14-7-3-6-11-18-9-4-2-5-10-18/h2,4-5,8-10,12-13,15-17,22,28H,3,6-7,11,14H2,1H3. The van der Waals surface area contributed by atoms with Gasteiger partial charge in [0.2, 0.25) is 5.89 Å². The average Bonchev–Trinajstić information content (AvgIpc) is 3.23. The molecule has 2 aromatic heterocycles. The Labute approximate surface area is 176 Å². The molecule has 0 aliphatic rings. The van der Waals surface area contributed by atoms with E-state index in [1.807, 2.05) is 36.4 Å². The van der Waals surface area contributed by atoms with Crippen molar-refractivity contribution in [3.05, 3.63) is 78.3 Å². The first-order chi connectivity index (χ1) is 14.7. The molecular weight excluding hydrogens is 376 g/mol. The van der Waals surface area contributed by atoms with Crippen molar-refractivity contribution in [3.8, 4) is 16.9 Å². The normalized spacial score (nSPS) is 12.2. The smallest absolute Gasteiger partial charge is 0.225 e. The summed E-state index contributed by atoms with van der Waals surface area (Å²) in [6, 6.07) is 20.2. The summed E-state index contributed by atoms with van der Waals surface area (Å²) in [7, 11) is 1.65. The van der Waals surface area contributed by atoms with Crippen LogP contribution in [0, 0.1) is 0 Å². The van der Waals surface area contributed by atoms with E-state index in [4.69, 9.17) is 9.15 Å². The zero-order valence-corrected chi connectivity index (χ0v) is 17.1. The van der Waals surface area contributed by atoms with E-state index in [0.717, 1.165) is 42.6 Å². The fraction of sp³-hybridized carbons (Fsp3) is 0.280. The molecule has 5 nitrogen and oxygen atoms in total. The molecular formula is C25H26N2O3. The predicted molar refractivity (Wildman–Crippen MR) is 117 cm³/mol. The number of aromatic nitrogens is 2. The molecule has 2 aromatic carbocycles. The van der Waals surface area contributed by atoms with Crippen molar-refractivity contribution in [3.63, 3.8) is 0 Å². The number of aryl methyl sites for hydroxylation is 1. The number of rotatable bonds is 9. The Morgan fingerprint density at radius 1 is 0.967 bits per heavy atom. The largest absolute Gasteiger partial charge is 0.497 e. The second-order valence-corrected chi connectivity index (χ2v) is 7.43. The fourth-order valence-corrected chi connectivity index (χ4v) is 3.55. The lowest BCUT2D eigenvalue weighted by molar-refractivity contribution is 0.133. The molecule has 5 heteroatoms. The second kappa shape index (κ2) is 9.55. The lowest BCUT2D eigenvalue weighted by atomic mass is 10.0. The number of ether oxygens (including phenoxy) is 1. The van der Waals surface area contributed by atoms with Gasteiger partial charge in [-0.05, 0) is 48.6 Å². The molecule has 1 N–H and O–H groups in total. The molecule has 2 heterocycles. The van der Waals surface area contributed by atoms with Crippen LogP contribution < -0.4 is 4.74 Å². The average molecular weight is 402 g/mol.